The third kappa shape index (κ3) is 2.80. The molecular formula is C12H20N2OS. The zero-order chi connectivity index (χ0) is 11.5. The van der Waals surface area contributed by atoms with Gasteiger partial charge < -0.3 is 9.73 Å². The van der Waals surface area contributed by atoms with Crippen LogP contribution in [-0.2, 0) is 6.54 Å². The summed E-state index contributed by atoms with van der Waals surface area (Å²) in [6.07, 6.45) is 2.59. The fourth-order valence-corrected chi connectivity index (χ4v) is 3.19. The van der Waals surface area contributed by atoms with Crippen LogP contribution in [0.4, 0.5) is 0 Å². The quantitative estimate of drug-likeness (QED) is 0.881. The highest BCUT2D eigenvalue weighted by Crippen LogP contribution is 2.25. The van der Waals surface area contributed by atoms with Gasteiger partial charge in [-0.2, -0.15) is 11.8 Å². The van der Waals surface area contributed by atoms with Crippen LogP contribution in [0, 0.1) is 13.8 Å². The Balaban J connectivity index is 1.86. The molecule has 1 fully saturated rings. The fraction of sp³-hybridized carbons (Fsp3) is 0.750. The van der Waals surface area contributed by atoms with Crippen LogP contribution in [0.25, 0.3) is 0 Å². The maximum atomic E-state index is 5.56. The van der Waals surface area contributed by atoms with Gasteiger partial charge in [-0.05, 0) is 32.4 Å². The summed E-state index contributed by atoms with van der Waals surface area (Å²) in [6, 6.07) is 0.603. The van der Waals surface area contributed by atoms with Crippen molar-refractivity contribution in [3.8, 4) is 0 Å². The molecule has 0 amide bonds. The zero-order valence-corrected chi connectivity index (χ0v) is 11.1. The number of aromatic nitrogens is 1. The van der Waals surface area contributed by atoms with E-state index in [2.05, 4.69) is 29.0 Å². The third-order valence-corrected chi connectivity index (χ3v) is 4.57. The van der Waals surface area contributed by atoms with Gasteiger partial charge in [-0.15, -0.1) is 0 Å². The number of thioether (sulfide) groups is 1. The molecular weight excluding hydrogens is 220 g/mol. The molecule has 2 unspecified atom stereocenters. The first-order valence-electron chi connectivity index (χ1n) is 5.94. The Hall–Kier alpha value is -0.480. The van der Waals surface area contributed by atoms with Crippen LogP contribution in [0.1, 0.15) is 37.1 Å². The summed E-state index contributed by atoms with van der Waals surface area (Å²) < 4.78 is 5.56. The van der Waals surface area contributed by atoms with E-state index in [4.69, 9.17) is 4.42 Å². The van der Waals surface area contributed by atoms with E-state index in [1.807, 2.05) is 13.8 Å². The second-order valence-electron chi connectivity index (χ2n) is 4.45. The van der Waals surface area contributed by atoms with E-state index in [0.717, 1.165) is 23.9 Å². The average Bonchev–Trinajstić information content (AvgIpc) is 2.57. The molecule has 0 bridgehead atoms. The van der Waals surface area contributed by atoms with Crippen LogP contribution in [0.15, 0.2) is 4.42 Å². The summed E-state index contributed by atoms with van der Waals surface area (Å²) >= 11 is 2.06. The molecule has 0 aromatic carbocycles. The van der Waals surface area contributed by atoms with Gasteiger partial charge in [0.25, 0.3) is 0 Å². The standard InChI is InChI=1S/C12H20N2OS/c1-8-9(2)15-12(14-8)7-13-11-5-4-6-16-10(11)3/h10-11,13H,4-7H2,1-3H3. The first-order chi connectivity index (χ1) is 7.66. The molecule has 2 rings (SSSR count). The molecule has 1 N–H and O–H groups in total. The minimum absolute atomic E-state index is 0.603. The number of hydrogen-bond donors (Lipinski definition) is 1. The Bertz CT molecular complexity index is 331. The summed E-state index contributed by atoms with van der Waals surface area (Å²) in [4.78, 5) is 4.38. The van der Waals surface area contributed by atoms with Crippen LogP contribution in [0.2, 0.25) is 0 Å². The van der Waals surface area contributed by atoms with E-state index in [-0.39, 0.29) is 0 Å². The lowest BCUT2D eigenvalue weighted by Crippen LogP contribution is -2.38. The molecule has 16 heavy (non-hydrogen) atoms. The molecule has 4 heteroatoms. The third-order valence-electron chi connectivity index (χ3n) is 3.20. The van der Waals surface area contributed by atoms with Gasteiger partial charge in [0.2, 0.25) is 5.89 Å². The van der Waals surface area contributed by atoms with Crippen molar-refractivity contribution in [1.29, 1.82) is 0 Å². The minimum Gasteiger partial charge on any atom is -0.444 e. The second-order valence-corrected chi connectivity index (χ2v) is 5.94. The highest BCUT2D eigenvalue weighted by Gasteiger charge is 2.21. The Morgan fingerprint density at radius 2 is 2.31 bits per heavy atom. The van der Waals surface area contributed by atoms with E-state index < -0.39 is 0 Å². The molecule has 1 aromatic rings. The average molecular weight is 240 g/mol. The second kappa shape index (κ2) is 5.23. The molecule has 2 heterocycles. The molecule has 1 aliphatic rings. The predicted octanol–water partition coefficient (Wildman–Crippen LogP) is 2.67. The molecule has 0 radical (unpaired) electrons. The maximum Gasteiger partial charge on any atom is 0.208 e. The van der Waals surface area contributed by atoms with Gasteiger partial charge in [-0.25, -0.2) is 4.98 Å². The molecule has 90 valence electrons. The number of nitrogens with zero attached hydrogens (tertiary/aromatic N) is 1. The van der Waals surface area contributed by atoms with E-state index in [9.17, 15) is 0 Å². The van der Waals surface area contributed by atoms with Crippen LogP contribution in [0.3, 0.4) is 0 Å². The summed E-state index contributed by atoms with van der Waals surface area (Å²) in [5.41, 5.74) is 1.00. The van der Waals surface area contributed by atoms with Crippen LogP contribution < -0.4 is 5.32 Å². The summed E-state index contributed by atoms with van der Waals surface area (Å²) in [6.45, 7) is 7.00. The van der Waals surface area contributed by atoms with Gasteiger partial charge >= 0.3 is 0 Å². The molecule has 1 aromatic heterocycles. The lowest BCUT2D eigenvalue weighted by Gasteiger charge is -2.28. The summed E-state index contributed by atoms with van der Waals surface area (Å²) in [7, 11) is 0. The minimum atomic E-state index is 0.603. The predicted molar refractivity (Wildman–Crippen MR) is 67.8 cm³/mol. The topological polar surface area (TPSA) is 38.1 Å². The fourth-order valence-electron chi connectivity index (χ4n) is 2.02. The van der Waals surface area contributed by atoms with Crippen molar-refractivity contribution in [2.45, 2.75) is 51.4 Å². The van der Waals surface area contributed by atoms with Crippen LogP contribution in [-0.4, -0.2) is 22.0 Å². The number of nitrogens with one attached hydrogen (secondary N) is 1. The first kappa shape index (κ1) is 12.0. The van der Waals surface area contributed by atoms with Crippen molar-refractivity contribution >= 4 is 11.8 Å². The van der Waals surface area contributed by atoms with Crippen LogP contribution in [0.5, 0.6) is 0 Å². The molecule has 0 saturated carbocycles. The molecule has 0 aliphatic carbocycles. The highest BCUT2D eigenvalue weighted by atomic mass is 32.2. The maximum absolute atomic E-state index is 5.56. The van der Waals surface area contributed by atoms with Gasteiger partial charge in [0.05, 0.1) is 12.2 Å². The van der Waals surface area contributed by atoms with Gasteiger partial charge in [0.15, 0.2) is 0 Å². The summed E-state index contributed by atoms with van der Waals surface area (Å²) in [5, 5.41) is 4.25. The lowest BCUT2D eigenvalue weighted by molar-refractivity contribution is 0.402. The van der Waals surface area contributed by atoms with Crippen molar-refractivity contribution in [3.05, 3.63) is 17.3 Å². The monoisotopic (exact) mass is 240 g/mol. The number of aryl methyl sites for hydroxylation is 2. The largest absolute Gasteiger partial charge is 0.444 e. The molecule has 3 nitrogen and oxygen atoms in total. The van der Waals surface area contributed by atoms with E-state index in [1.165, 1.54) is 18.6 Å². The summed E-state index contributed by atoms with van der Waals surface area (Å²) in [5.74, 6) is 3.05. The Labute approximate surface area is 101 Å². The van der Waals surface area contributed by atoms with Crippen molar-refractivity contribution in [2.24, 2.45) is 0 Å². The van der Waals surface area contributed by atoms with Crippen molar-refractivity contribution in [2.75, 3.05) is 5.75 Å². The highest BCUT2D eigenvalue weighted by molar-refractivity contribution is 7.99. The molecule has 1 saturated heterocycles. The van der Waals surface area contributed by atoms with E-state index in [1.54, 1.807) is 0 Å². The smallest absolute Gasteiger partial charge is 0.208 e. The van der Waals surface area contributed by atoms with Gasteiger partial charge in [-0.3, -0.25) is 0 Å². The Morgan fingerprint density at radius 1 is 1.50 bits per heavy atom. The number of hydrogen-bond acceptors (Lipinski definition) is 4. The van der Waals surface area contributed by atoms with Crippen LogP contribution >= 0.6 is 11.8 Å². The Kier molecular flexibility index (Phi) is 3.92. The van der Waals surface area contributed by atoms with E-state index in [0.29, 0.717) is 11.3 Å². The number of oxazole rings is 1. The molecule has 2 atom stereocenters. The Morgan fingerprint density at radius 3 is 2.94 bits per heavy atom. The van der Waals surface area contributed by atoms with Crippen molar-refractivity contribution in [3.63, 3.8) is 0 Å². The zero-order valence-electron chi connectivity index (χ0n) is 10.2. The van der Waals surface area contributed by atoms with E-state index >= 15 is 0 Å². The molecule has 0 spiro atoms. The van der Waals surface area contributed by atoms with Gasteiger partial charge in [0.1, 0.15) is 5.76 Å². The van der Waals surface area contributed by atoms with Gasteiger partial charge in [0, 0.05) is 11.3 Å². The van der Waals surface area contributed by atoms with Crippen molar-refractivity contribution in [1.82, 2.24) is 10.3 Å². The molecule has 1 aliphatic heterocycles. The SMILES string of the molecule is Cc1nc(CNC2CCCSC2C)oc1C. The normalized spacial score (nSPS) is 25.9. The first-order valence-corrected chi connectivity index (χ1v) is 6.99. The van der Waals surface area contributed by atoms with Gasteiger partial charge in [-0.1, -0.05) is 6.92 Å². The van der Waals surface area contributed by atoms with Crippen molar-refractivity contribution < 1.29 is 4.42 Å². The number of rotatable bonds is 3. The lowest BCUT2D eigenvalue weighted by atomic mass is 10.1.